The molecule has 128 valence electrons. The van der Waals surface area contributed by atoms with Crippen LogP contribution in [0.4, 0.5) is 0 Å². The summed E-state index contributed by atoms with van der Waals surface area (Å²) < 4.78 is 0. The van der Waals surface area contributed by atoms with E-state index in [1.54, 1.807) is 11.8 Å². The van der Waals surface area contributed by atoms with Gasteiger partial charge in [-0.15, -0.1) is 0 Å². The minimum Gasteiger partial charge on any atom is -0.367 e. The van der Waals surface area contributed by atoms with Crippen molar-refractivity contribution in [3.05, 3.63) is 70.8 Å². The maximum atomic E-state index is 11.8. The van der Waals surface area contributed by atoms with Crippen molar-refractivity contribution in [3.63, 3.8) is 0 Å². The van der Waals surface area contributed by atoms with Gasteiger partial charge in [0.05, 0.1) is 6.04 Å². The molecule has 0 saturated heterocycles. The predicted molar refractivity (Wildman–Crippen MR) is 103 cm³/mol. The molecule has 2 unspecified atom stereocenters. The van der Waals surface area contributed by atoms with E-state index in [1.165, 1.54) is 21.6 Å². The summed E-state index contributed by atoms with van der Waals surface area (Å²) in [7, 11) is 0. The van der Waals surface area contributed by atoms with Gasteiger partial charge in [0, 0.05) is 23.6 Å². The second-order valence-corrected chi connectivity index (χ2v) is 8.06. The average Bonchev–Trinajstić information content (AvgIpc) is 3.00. The first-order chi connectivity index (χ1) is 12.1. The minimum atomic E-state index is -0.758. The van der Waals surface area contributed by atoms with Crippen molar-refractivity contribution in [2.75, 3.05) is 6.54 Å². The van der Waals surface area contributed by atoms with Gasteiger partial charge in [0.1, 0.15) is 0 Å². The molecular formula is C20H21N3OS. The molecular weight excluding hydrogens is 330 g/mol. The number of nitrogens with two attached hydrogens (primary N) is 1. The molecule has 25 heavy (non-hydrogen) atoms. The maximum absolute atomic E-state index is 11.8. The first-order valence-corrected chi connectivity index (χ1v) is 9.27. The van der Waals surface area contributed by atoms with E-state index < -0.39 is 4.87 Å². The molecule has 0 bridgehead atoms. The van der Waals surface area contributed by atoms with Crippen LogP contribution in [0.5, 0.6) is 0 Å². The van der Waals surface area contributed by atoms with Crippen molar-refractivity contribution in [1.82, 2.24) is 10.6 Å². The summed E-state index contributed by atoms with van der Waals surface area (Å²) in [6.07, 6.45) is 0.889. The van der Waals surface area contributed by atoms with Crippen LogP contribution in [-0.2, 0) is 4.79 Å². The minimum absolute atomic E-state index is 0.0890. The summed E-state index contributed by atoms with van der Waals surface area (Å²) >= 11 is 1.54. The van der Waals surface area contributed by atoms with E-state index >= 15 is 0 Å². The Morgan fingerprint density at radius 3 is 2.68 bits per heavy atom. The van der Waals surface area contributed by atoms with E-state index in [2.05, 4.69) is 59.2 Å². The van der Waals surface area contributed by atoms with Crippen LogP contribution in [0.3, 0.4) is 0 Å². The van der Waals surface area contributed by atoms with Gasteiger partial charge in [-0.3, -0.25) is 4.79 Å². The number of carbonyl (C=O) groups excluding carboxylic acids is 1. The zero-order chi connectivity index (χ0) is 17.4. The van der Waals surface area contributed by atoms with Gasteiger partial charge in [-0.2, -0.15) is 0 Å². The number of amides is 1. The molecule has 2 aromatic rings. The van der Waals surface area contributed by atoms with Gasteiger partial charge in [-0.05, 0) is 29.7 Å². The molecule has 2 aliphatic heterocycles. The molecule has 2 atom stereocenters. The van der Waals surface area contributed by atoms with Crippen LogP contribution in [0.2, 0.25) is 0 Å². The van der Waals surface area contributed by atoms with Crippen LogP contribution in [0.1, 0.15) is 24.9 Å². The first kappa shape index (κ1) is 16.2. The van der Waals surface area contributed by atoms with Crippen molar-refractivity contribution in [2.24, 2.45) is 5.73 Å². The number of hydrogen-bond acceptors (Lipinski definition) is 4. The third-order valence-electron chi connectivity index (χ3n) is 4.78. The van der Waals surface area contributed by atoms with E-state index in [0.717, 1.165) is 18.7 Å². The predicted octanol–water partition coefficient (Wildman–Crippen LogP) is 3.14. The molecule has 0 aliphatic carbocycles. The fourth-order valence-corrected chi connectivity index (χ4v) is 4.75. The normalized spacial score (nSPS) is 25.4. The Hall–Kier alpha value is -2.24. The average molecular weight is 351 g/mol. The van der Waals surface area contributed by atoms with Crippen LogP contribution in [0, 0.1) is 0 Å². The number of carbonyl (C=O) groups is 1. The number of nitrogens with one attached hydrogen (secondary N) is 2. The lowest BCUT2D eigenvalue weighted by Gasteiger charge is -2.26. The first-order valence-electron chi connectivity index (χ1n) is 8.46. The topological polar surface area (TPSA) is 67.2 Å². The van der Waals surface area contributed by atoms with E-state index in [0.29, 0.717) is 0 Å². The smallest absolute Gasteiger partial charge is 0.253 e. The Balaban J connectivity index is 1.68. The Morgan fingerprint density at radius 1 is 1.16 bits per heavy atom. The molecule has 1 amide bonds. The van der Waals surface area contributed by atoms with Crippen molar-refractivity contribution in [2.45, 2.75) is 24.3 Å². The van der Waals surface area contributed by atoms with E-state index in [4.69, 9.17) is 5.73 Å². The second kappa shape index (κ2) is 6.24. The standard InChI is InChI=1S/C20H21N3OS/c1-20(19(21)24)23-16-10-11-22-17(18(16)25-20)15-9-5-8-14(12-15)13-6-3-2-4-7-13/h2-9,12,17,22-23H,10-11H2,1H3,(H2,21,24). The summed E-state index contributed by atoms with van der Waals surface area (Å²) in [5.74, 6) is -0.330. The van der Waals surface area contributed by atoms with E-state index in [-0.39, 0.29) is 11.9 Å². The maximum Gasteiger partial charge on any atom is 0.253 e. The quantitative estimate of drug-likeness (QED) is 0.795. The van der Waals surface area contributed by atoms with Crippen molar-refractivity contribution in [3.8, 4) is 11.1 Å². The Morgan fingerprint density at radius 2 is 1.92 bits per heavy atom. The lowest BCUT2D eigenvalue weighted by molar-refractivity contribution is -0.120. The lowest BCUT2D eigenvalue weighted by Crippen LogP contribution is -2.47. The van der Waals surface area contributed by atoms with Gasteiger partial charge in [-0.25, -0.2) is 0 Å². The second-order valence-electron chi connectivity index (χ2n) is 6.60. The number of hydrogen-bond donors (Lipinski definition) is 3. The fourth-order valence-electron chi connectivity index (χ4n) is 3.42. The summed E-state index contributed by atoms with van der Waals surface area (Å²) in [5, 5.41) is 6.93. The van der Waals surface area contributed by atoms with E-state index in [9.17, 15) is 4.79 Å². The summed E-state index contributed by atoms with van der Waals surface area (Å²) in [5.41, 5.74) is 10.3. The van der Waals surface area contributed by atoms with Crippen LogP contribution in [0.25, 0.3) is 11.1 Å². The Bertz CT molecular complexity index is 849. The molecule has 2 heterocycles. The molecule has 2 aromatic carbocycles. The summed E-state index contributed by atoms with van der Waals surface area (Å²) in [6, 6.07) is 19.0. The summed E-state index contributed by atoms with van der Waals surface area (Å²) in [6.45, 7) is 2.73. The van der Waals surface area contributed by atoms with E-state index in [1.807, 2.05) is 13.0 Å². The van der Waals surface area contributed by atoms with Crippen molar-refractivity contribution < 1.29 is 4.79 Å². The molecule has 0 aromatic heterocycles. The highest BCUT2D eigenvalue weighted by Crippen LogP contribution is 2.47. The molecule has 0 saturated carbocycles. The molecule has 0 fully saturated rings. The third-order valence-corrected chi connectivity index (χ3v) is 6.20. The van der Waals surface area contributed by atoms with Gasteiger partial charge >= 0.3 is 0 Å². The van der Waals surface area contributed by atoms with Gasteiger partial charge in [0.15, 0.2) is 4.87 Å². The molecule has 4 nitrogen and oxygen atoms in total. The van der Waals surface area contributed by atoms with Crippen molar-refractivity contribution in [1.29, 1.82) is 0 Å². The Labute approximate surface area is 151 Å². The fraction of sp³-hybridized carbons (Fsp3) is 0.250. The highest BCUT2D eigenvalue weighted by atomic mass is 32.2. The van der Waals surface area contributed by atoms with Crippen LogP contribution >= 0.6 is 11.8 Å². The number of rotatable bonds is 3. The SMILES string of the molecule is CC1(C(N)=O)NC2=C(S1)C(c1cccc(-c3ccccc3)c1)NCC2. The largest absolute Gasteiger partial charge is 0.367 e. The highest BCUT2D eigenvalue weighted by molar-refractivity contribution is 8.05. The Kier molecular flexibility index (Phi) is 4.06. The van der Waals surface area contributed by atoms with Crippen molar-refractivity contribution >= 4 is 17.7 Å². The van der Waals surface area contributed by atoms with Crippen LogP contribution in [-0.4, -0.2) is 17.3 Å². The molecule has 4 rings (SSSR count). The van der Waals surface area contributed by atoms with Crippen LogP contribution in [0.15, 0.2) is 65.2 Å². The lowest BCUT2D eigenvalue weighted by atomic mass is 9.97. The molecule has 0 radical (unpaired) electrons. The van der Waals surface area contributed by atoms with Gasteiger partial charge < -0.3 is 16.4 Å². The zero-order valence-electron chi connectivity index (χ0n) is 14.1. The van der Waals surface area contributed by atoms with Gasteiger partial charge in [0.2, 0.25) is 0 Å². The number of benzene rings is 2. The molecule has 0 spiro atoms. The van der Waals surface area contributed by atoms with Gasteiger partial charge in [0.25, 0.3) is 5.91 Å². The monoisotopic (exact) mass is 351 g/mol. The molecule has 2 aliphatic rings. The summed E-state index contributed by atoms with van der Waals surface area (Å²) in [4.78, 5) is 12.3. The zero-order valence-corrected chi connectivity index (χ0v) is 14.9. The molecule has 5 heteroatoms. The van der Waals surface area contributed by atoms with Crippen LogP contribution < -0.4 is 16.4 Å². The molecule has 4 N–H and O–H groups in total. The highest BCUT2D eigenvalue weighted by Gasteiger charge is 2.43. The number of primary amides is 1. The van der Waals surface area contributed by atoms with Gasteiger partial charge in [-0.1, -0.05) is 60.3 Å². The number of thioether (sulfide) groups is 1. The third kappa shape index (κ3) is 2.94.